The van der Waals surface area contributed by atoms with Crippen molar-refractivity contribution in [1.82, 2.24) is 40.0 Å². The Morgan fingerprint density at radius 2 is 0.527 bits per heavy atom. The first-order chi connectivity index (χ1) is 33.7. The molecule has 2 atom stereocenters. The molecule has 0 spiro atoms. The lowest BCUT2D eigenvalue weighted by Gasteiger charge is -2.34. The van der Waals surface area contributed by atoms with Crippen molar-refractivity contribution in [3.05, 3.63) is 0 Å². The van der Waals surface area contributed by atoms with Gasteiger partial charge in [-0.15, -0.1) is 0 Å². The summed E-state index contributed by atoms with van der Waals surface area (Å²) < 4.78 is 33.4. The molecule has 0 aromatic rings. The summed E-state index contributed by atoms with van der Waals surface area (Å²) in [5.41, 5.74) is -3.35. The van der Waals surface area contributed by atoms with Crippen LogP contribution < -0.4 is 10.6 Å². The van der Waals surface area contributed by atoms with Crippen LogP contribution in [0, 0.1) is 0 Å². The molecule has 0 radical (unpaired) electrons. The fourth-order valence-electron chi connectivity index (χ4n) is 7.65. The molecule has 74 heavy (non-hydrogen) atoms. The van der Waals surface area contributed by atoms with Gasteiger partial charge < -0.3 is 39.1 Å². The summed E-state index contributed by atoms with van der Waals surface area (Å²) in [5.74, 6) is -1.66. The molecule has 20 nitrogen and oxygen atoms in total. The van der Waals surface area contributed by atoms with Gasteiger partial charge in [0.15, 0.2) is 0 Å². The van der Waals surface area contributed by atoms with Crippen LogP contribution in [0.2, 0.25) is 0 Å². The van der Waals surface area contributed by atoms with E-state index < -0.39 is 45.7 Å². The van der Waals surface area contributed by atoms with Crippen molar-refractivity contribution in [3.8, 4) is 0 Å². The number of esters is 6. The van der Waals surface area contributed by atoms with E-state index >= 15 is 0 Å². The zero-order valence-electron chi connectivity index (χ0n) is 49.9. The van der Waals surface area contributed by atoms with Crippen LogP contribution >= 0.6 is 0 Å². The molecule has 2 rings (SSSR count). The summed E-state index contributed by atoms with van der Waals surface area (Å²) in [6.07, 6.45) is 0. The minimum Gasteiger partial charge on any atom is -0.459 e. The topological polar surface area (TPSA) is 201 Å². The lowest BCUT2D eigenvalue weighted by Crippen LogP contribution is -2.51. The molecule has 0 saturated carbocycles. The molecule has 0 aromatic carbocycles. The second-order valence-corrected chi connectivity index (χ2v) is 25.4. The van der Waals surface area contributed by atoms with Crippen molar-refractivity contribution in [2.45, 2.75) is 184 Å². The molecule has 20 heteroatoms. The highest BCUT2D eigenvalue weighted by molar-refractivity contribution is 5.76. The highest BCUT2D eigenvalue weighted by Crippen LogP contribution is 2.16. The van der Waals surface area contributed by atoms with Gasteiger partial charge in [-0.05, 0) is 138 Å². The van der Waals surface area contributed by atoms with Gasteiger partial charge in [-0.25, -0.2) is 0 Å². The summed E-state index contributed by atoms with van der Waals surface area (Å²) in [6, 6.07) is -0.900. The predicted molar refractivity (Wildman–Crippen MR) is 289 cm³/mol. The van der Waals surface area contributed by atoms with E-state index in [-0.39, 0.29) is 62.0 Å². The number of hydrogen-bond acceptors (Lipinski definition) is 20. The number of carbonyl (C=O) groups is 6. The van der Waals surface area contributed by atoms with Crippen molar-refractivity contribution >= 4 is 35.8 Å². The minimum absolute atomic E-state index is 0.129. The van der Waals surface area contributed by atoms with E-state index in [1.54, 1.807) is 0 Å². The zero-order chi connectivity index (χ0) is 56.9. The molecule has 2 unspecified atom stereocenters. The zero-order valence-corrected chi connectivity index (χ0v) is 49.9. The van der Waals surface area contributed by atoms with Crippen molar-refractivity contribution in [1.29, 1.82) is 0 Å². The van der Waals surface area contributed by atoms with Gasteiger partial charge >= 0.3 is 35.8 Å². The predicted octanol–water partition coefficient (Wildman–Crippen LogP) is 3.82. The largest absolute Gasteiger partial charge is 0.459 e. The molecular formula is C54H104N8O12. The van der Waals surface area contributed by atoms with E-state index in [0.29, 0.717) is 105 Å². The third kappa shape index (κ3) is 34.9. The second-order valence-electron chi connectivity index (χ2n) is 25.4. The monoisotopic (exact) mass is 1060 g/mol. The van der Waals surface area contributed by atoms with Crippen molar-refractivity contribution < 1.29 is 57.2 Å². The Kier molecular flexibility index (Phi) is 28.7. The SMILES string of the molecule is CC(C(=O)OC(C)(C)C)N1CCN(CC(=O)OC(C)(C)C)CCNCCN(CC(=O)OC(C)(C)C)CC1.CC(C(=O)OC(C)(C)C)N1CCNCCN(CC(=O)OC(C)(C)C)CCN(CC(=O)OC(C)(C)C)CC1. The van der Waals surface area contributed by atoms with Crippen LogP contribution in [0.3, 0.4) is 0 Å². The number of nitrogens with one attached hydrogen (secondary N) is 2. The highest BCUT2D eigenvalue weighted by Gasteiger charge is 2.31. The summed E-state index contributed by atoms with van der Waals surface area (Å²) in [7, 11) is 0. The maximum absolute atomic E-state index is 12.9. The molecule has 0 amide bonds. The number of hydrogen-bond donors (Lipinski definition) is 2. The van der Waals surface area contributed by atoms with E-state index in [1.165, 1.54) is 0 Å². The molecule has 2 aliphatic heterocycles. The Morgan fingerprint density at radius 1 is 0.324 bits per heavy atom. The fourth-order valence-corrected chi connectivity index (χ4v) is 7.65. The molecule has 2 fully saturated rings. The van der Waals surface area contributed by atoms with Gasteiger partial charge in [0.2, 0.25) is 0 Å². The first-order valence-electron chi connectivity index (χ1n) is 26.8. The van der Waals surface area contributed by atoms with Crippen LogP contribution in [0.5, 0.6) is 0 Å². The summed E-state index contributed by atoms with van der Waals surface area (Å²) in [5, 5.41) is 6.83. The van der Waals surface area contributed by atoms with E-state index in [1.807, 2.05) is 148 Å². The molecule has 0 aliphatic carbocycles. The first kappa shape index (κ1) is 68.5. The number of rotatable bonds is 12. The van der Waals surface area contributed by atoms with E-state index in [9.17, 15) is 28.8 Å². The normalized spacial score (nSPS) is 19.3. The average molecular weight is 1060 g/mol. The maximum Gasteiger partial charge on any atom is 0.323 e. The lowest BCUT2D eigenvalue weighted by atomic mass is 10.2. The van der Waals surface area contributed by atoms with Crippen LogP contribution in [0.15, 0.2) is 0 Å². The Labute approximate surface area is 446 Å². The molecule has 0 aromatic heterocycles. The van der Waals surface area contributed by atoms with Gasteiger partial charge in [0, 0.05) is 105 Å². The lowest BCUT2D eigenvalue weighted by molar-refractivity contribution is -0.162. The molecule has 2 N–H and O–H groups in total. The minimum atomic E-state index is -0.588. The molecule has 432 valence electrons. The maximum atomic E-state index is 12.9. The Morgan fingerprint density at radius 3 is 0.770 bits per heavy atom. The van der Waals surface area contributed by atoms with Gasteiger partial charge in [-0.1, -0.05) is 0 Å². The van der Waals surface area contributed by atoms with E-state index in [0.717, 1.165) is 0 Å². The van der Waals surface area contributed by atoms with E-state index in [4.69, 9.17) is 28.4 Å². The van der Waals surface area contributed by atoms with Crippen LogP contribution in [-0.4, -0.2) is 242 Å². The third-order valence-corrected chi connectivity index (χ3v) is 10.9. The number of carbonyl (C=O) groups excluding carboxylic acids is 6. The van der Waals surface area contributed by atoms with Crippen LogP contribution in [0.4, 0.5) is 0 Å². The quantitative estimate of drug-likeness (QED) is 0.211. The van der Waals surface area contributed by atoms with Crippen molar-refractivity contribution in [2.24, 2.45) is 0 Å². The average Bonchev–Trinajstić information content (AvgIpc) is 3.17. The first-order valence-corrected chi connectivity index (χ1v) is 26.8. The molecule has 2 aliphatic rings. The standard InChI is InChI=1S/2C27H52N4O6/c1-21(24(34)37-27(8,9)10)31-17-15-29(19-22(32)35-25(2,3)4)13-11-28-12-14-30(16-18-31)20-23(33)36-26(5,6)7;1-21(24(34)37-27(8,9)10)31-14-12-28-11-13-29(19-22(32)35-25(2,3)4)15-16-30(17-18-31)20-23(33)36-26(5,6)7/h2*21,28H,11-20H2,1-10H3. The molecular weight excluding hydrogens is 953 g/mol. The second kappa shape index (κ2) is 31.0. The summed E-state index contributed by atoms with van der Waals surface area (Å²) in [4.78, 5) is 88.1. The molecule has 0 bridgehead atoms. The Balaban J connectivity index is 0.000000740. The van der Waals surface area contributed by atoms with Gasteiger partial charge in [0.05, 0.1) is 26.2 Å². The van der Waals surface area contributed by atoms with E-state index in [2.05, 4.69) is 30.2 Å². The van der Waals surface area contributed by atoms with Gasteiger partial charge in [0.1, 0.15) is 45.7 Å². The van der Waals surface area contributed by atoms with Crippen molar-refractivity contribution in [3.63, 3.8) is 0 Å². The van der Waals surface area contributed by atoms with Gasteiger partial charge in [-0.2, -0.15) is 0 Å². The smallest absolute Gasteiger partial charge is 0.323 e. The number of nitrogens with zero attached hydrogens (tertiary/aromatic N) is 6. The van der Waals surface area contributed by atoms with Crippen LogP contribution in [-0.2, 0) is 57.2 Å². The highest BCUT2D eigenvalue weighted by atomic mass is 16.6. The molecule has 2 saturated heterocycles. The Bertz CT molecular complexity index is 1680. The third-order valence-electron chi connectivity index (χ3n) is 10.9. The van der Waals surface area contributed by atoms with Gasteiger partial charge in [-0.3, -0.25) is 58.2 Å². The summed E-state index contributed by atoms with van der Waals surface area (Å²) in [6.45, 7) is 47.7. The van der Waals surface area contributed by atoms with Crippen LogP contribution in [0.25, 0.3) is 0 Å². The van der Waals surface area contributed by atoms with Crippen LogP contribution in [0.1, 0.15) is 138 Å². The Hall–Kier alpha value is -3.50. The molecule has 2 heterocycles. The summed E-state index contributed by atoms with van der Waals surface area (Å²) >= 11 is 0. The van der Waals surface area contributed by atoms with Crippen molar-refractivity contribution in [2.75, 3.05) is 131 Å². The fraction of sp³-hybridized carbons (Fsp3) is 0.889. The number of ether oxygens (including phenoxy) is 6. The van der Waals surface area contributed by atoms with Gasteiger partial charge in [0.25, 0.3) is 0 Å².